The van der Waals surface area contributed by atoms with Gasteiger partial charge >= 0.3 is 0 Å². The summed E-state index contributed by atoms with van der Waals surface area (Å²) >= 11 is 0. The van der Waals surface area contributed by atoms with E-state index in [1.165, 1.54) is 12.1 Å². The lowest BCUT2D eigenvalue weighted by Gasteiger charge is -2.29. The van der Waals surface area contributed by atoms with Crippen molar-refractivity contribution in [2.45, 2.75) is 32.7 Å². The summed E-state index contributed by atoms with van der Waals surface area (Å²) in [5.74, 6) is -0.105. The lowest BCUT2D eigenvalue weighted by atomic mass is 10.0. The first kappa shape index (κ1) is 17.6. The van der Waals surface area contributed by atoms with E-state index in [0.717, 1.165) is 36.2 Å². The minimum Gasteiger partial charge on any atom is -0.311 e. The van der Waals surface area contributed by atoms with Gasteiger partial charge in [-0.1, -0.05) is 30.3 Å². The highest BCUT2D eigenvalue weighted by Crippen LogP contribution is 2.32. The van der Waals surface area contributed by atoms with E-state index in [-0.39, 0.29) is 17.8 Å². The summed E-state index contributed by atoms with van der Waals surface area (Å²) in [7, 11) is 0. The predicted molar refractivity (Wildman–Crippen MR) is 99.2 cm³/mol. The maximum absolute atomic E-state index is 13.2. The molecule has 0 saturated carbocycles. The van der Waals surface area contributed by atoms with E-state index in [4.69, 9.17) is 0 Å². The minimum absolute atomic E-state index is 0.116. The van der Waals surface area contributed by atoms with E-state index in [2.05, 4.69) is 4.90 Å². The Bertz CT molecular complexity index is 729. The molecule has 1 amide bonds. The van der Waals surface area contributed by atoms with Gasteiger partial charge in [0.05, 0.1) is 6.54 Å². The number of aryl methyl sites for hydroxylation is 1. The largest absolute Gasteiger partial charge is 0.311 e. The first-order valence-corrected chi connectivity index (χ1v) is 8.95. The maximum Gasteiger partial charge on any atom is 0.241 e. The highest BCUT2D eigenvalue weighted by atomic mass is 19.1. The van der Waals surface area contributed by atoms with Gasteiger partial charge in [-0.25, -0.2) is 4.39 Å². The molecule has 3 rings (SSSR count). The number of carbonyl (C=O) groups excluding carboxylic acids is 1. The van der Waals surface area contributed by atoms with E-state index in [0.29, 0.717) is 13.1 Å². The average Bonchev–Trinajstić information content (AvgIpc) is 3.06. The smallest absolute Gasteiger partial charge is 0.241 e. The van der Waals surface area contributed by atoms with E-state index in [1.54, 1.807) is 0 Å². The van der Waals surface area contributed by atoms with Gasteiger partial charge in [0, 0.05) is 18.3 Å². The Labute approximate surface area is 149 Å². The number of likely N-dealkylation sites (tertiary alicyclic amines) is 1. The molecule has 1 aliphatic heterocycles. The Balaban J connectivity index is 1.74. The molecule has 2 aromatic carbocycles. The van der Waals surface area contributed by atoms with Gasteiger partial charge in [0.1, 0.15) is 5.82 Å². The van der Waals surface area contributed by atoms with Crippen LogP contribution in [-0.2, 0) is 4.79 Å². The second-order valence-corrected chi connectivity index (χ2v) is 6.60. The highest BCUT2D eigenvalue weighted by Gasteiger charge is 2.29. The summed E-state index contributed by atoms with van der Waals surface area (Å²) in [6, 6.07) is 14.8. The van der Waals surface area contributed by atoms with Crippen molar-refractivity contribution in [3.8, 4) is 0 Å². The Morgan fingerprint density at radius 1 is 1.20 bits per heavy atom. The van der Waals surface area contributed by atoms with Crippen LogP contribution in [0.15, 0.2) is 48.5 Å². The number of rotatable bonds is 5. The number of benzene rings is 2. The summed E-state index contributed by atoms with van der Waals surface area (Å²) in [6.45, 7) is 5.98. The van der Waals surface area contributed by atoms with Crippen LogP contribution in [0.1, 0.15) is 36.9 Å². The van der Waals surface area contributed by atoms with Crippen LogP contribution in [0.5, 0.6) is 0 Å². The first-order chi connectivity index (χ1) is 12.1. The summed E-state index contributed by atoms with van der Waals surface area (Å²) in [6.07, 6.45) is 2.07. The van der Waals surface area contributed by atoms with Crippen molar-refractivity contribution in [1.82, 2.24) is 4.90 Å². The summed E-state index contributed by atoms with van der Waals surface area (Å²) in [5.41, 5.74) is 3.17. The number of hydrogen-bond donors (Lipinski definition) is 0. The molecule has 0 aliphatic carbocycles. The van der Waals surface area contributed by atoms with Gasteiger partial charge < -0.3 is 4.90 Å². The fourth-order valence-electron chi connectivity index (χ4n) is 3.68. The van der Waals surface area contributed by atoms with Crippen LogP contribution in [0, 0.1) is 12.7 Å². The molecule has 3 nitrogen and oxygen atoms in total. The monoisotopic (exact) mass is 340 g/mol. The van der Waals surface area contributed by atoms with Crippen molar-refractivity contribution in [2.24, 2.45) is 0 Å². The Kier molecular flexibility index (Phi) is 5.49. The number of likely N-dealkylation sites (N-methyl/N-ethyl adjacent to an activating group) is 1. The topological polar surface area (TPSA) is 23.6 Å². The fraction of sp³-hybridized carbons (Fsp3) is 0.381. The molecule has 0 unspecified atom stereocenters. The molecule has 132 valence electrons. The predicted octanol–water partition coefficient (Wildman–Crippen LogP) is 4.32. The van der Waals surface area contributed by atoms with Crippen molar-refractivity contribution in [3.63, 3.8) is 0 Å². The van der Waals surface area contributed by atoms with Crippen LogP contribution in [0.3, 0.4) is 0 Å². The molecular weight excluding hydrogens is 315 g/mol. The van der Waals surface area contributed by atoms with Gasteiger partial charge in [-0.15, -0.1) is 0 Å². The van der Waals surface area contributed by atoms with Crippen molar-refractivity contribution in [2.75, 3.05) is 24.5 Å². The Morgan fingerprint density at radius 3 is 2.60 bits per heavy atom. The molecule has 0 spiro atoms. The van der Waals surface area contributed by atoms with Gasteiger partial charge in [0.2, 0.25) is 5.91 Å². The third kappa shape index (κ3) is 3.90. The molecule has 2 aromatic rings. The lowest BCUT2D eigenvalue weighted by Crippen LogP contribution is -2.40. The lowest BCUT2D eigenvalue weighted by molar-refractivity contribution is -0.119. The van der Waals surface area contributed by atoms with Crippen LogP contribution >= 0.6 is 0 Å². The molecule has 4 heteroatoms. The van der Waals surface area contributed by atoms with Crippen LogP contribution in [0.2, 0.25) is 0 Å². The Morgan fingerprint density at radius 2 is 1.92 bits per heavy atom. The molecule has 1 saturated heterocycles. The van der Waals surface area contributed by atoms with Crippen LogP contribution in [-0.4, -0.2) is 30.4 Å². The van der Waals surface area contributed by atoms with Crippen LogP contribution < -0.4 is 4.90 Å². The molecule has 0 bridgehead atoms. The molecule has 25 heavy (non-hydrogen) atoms. The number of halogens is 1. The van der Waals surface area contributed by atoms with Crippen LogP contribution in [0.4, 0.5) is 10.1 Å². The molecule has 1 fully saturated rings. The van der Waals surface area contributed by atoms with Crippen molar-refractivity contribution >= 4 is 11.6 Å². The van der Waals surface area contributed by atoms with Gasteiger partial charge in [-0.05, 0) is 62.6 Å². The molecule has 1 heterocycles. The number of carbonyl (C=O) groups is 1. The van der Waals surface area contributed by atoms with E-state index >= 15 is 0 Å². The number of para-hydroxylation sites is 1. The summed E-state index contributed by atoms with van der Waals surface area (Å²) in [4.78, 5) is 17.0. The zero-order chi connectivity index (χ0) is 17.8. The third-order valence-electron chi connectivity index (χ3n) is 4.98. The minimum atomic E-state index is -0.221. The second kappa shape index (κ2) is 7.79. The zero-order valence-electron chi connectivity index (χ0n) is 14.9. The molecule has 0 N–H and O–H groups in total. The average molecular weight is 340 g/mol. The van der Waals surface area contributed by atoms with Gasteiger partial charge in [0.25, 0.3) is 0 Å². The highest BCUT2D eigenvalue weighted by molar-refractivity contribution is 5.95. The number of anilines is 1. The van der Waals surface area contributed by atoms with E-state index in [9.17, 15) is 9.18 Å². The third-order valence-corrected chi connectivity index (χ3v) is 4.98. The standard InChI is InChI=1S/C21H25FN2O/c1-3-24(19-8-5-4-7-16(19)2)21(25)15-23-14-6-9-20(23)17-10-12-18(22)13-11-17/h4-5,7-8,10-13,20H,3,6,9,14-15H2,1-2H3/t20-/m1/s1. The van der Waals surface area contributed by atoms with Crippen molar-refractivity contribution in [3.05, 3.63) is 65.5 Å². The fourth-order valence-corrected chi connectivity index (χ4v) is 3.68. The maximum atomic E-state index is 13.2. The van der Waals surface area contributed by atoms with E-state index in [1.807, 2.05) is 55.1 Å². The molecule has 1 aliphatic rings. The molecule has 1 atom stereocenters. The molecule has 0 radical (unpaired) electrons. The van der Waals surface area contributed by atoms with Crippen molar-refractivity contribution < 1.29 is 9.18 Å². The van der Waals surface area contributed by atoms with Gasteiger partial charge in [-0.3, -0.25) is 9.69 Å². The van der Waals surface area contributed by atoms with Crippen LogP contribution in [0.25, 0.3) is 0 Å². The number of nitrogens with zero attached hydrogens (tertiary/aromatic N) is 2. The Hall–Kier alpha value is -2.20. The summed E-state index contributed by atoms with van der Waals surface area (Å²) in [5, 5.41) is 0. The first-order valence-electron chi connectivity index (χ1n) is 8.95. The zero-order valence-corrected chi connectivity index (χ0v) is 14.9. The SMILES string of the molecule is CCN(C(=O)CN1CCC[C@@H]1c1ccc(F)cc1)c1ccccc1C. The quantitative estimate of drug-likeness (QED) is 0.809. The number of amides is 1. The van der Waals surface area contributed by atoms with E-state index < -0.39 is 0 Å². The summed E-state index contributed by atoms with van der Waals surface area (Å²) < 4.78 is 13.2. The van der Waals surface area contributed by atoms with Crippen molar-refractivity contribution in [1.29, 1.82) is 0 Å². The van der Waals surface area contributed by atoms with Gasteiger partial charge in [-0.2, -0.15) is 0 Å². The molecular formula is C21H25FN2O. The number of hydrogen-bond acceptors (Lipinski definition) is 2. The second-order valence-electron chi connectivity index (χ2n) is 6.60. The van der Waals surface area contributed by atoms with Gasteiger partial charge in [0.15, 0.2) is 0 Å². The normalized spacial score (nSPS) is 17.6. The molecule has 0 aromatic heterocycles.